The summed E-state index contributed by atoms with van der Waals surface area (Å²) in [5.74, 6) is -1.86. The van der Waals surface area contributed by atoms with Gasteiger partial charge in [0, 0.05) is 6.42 Å². The molecule has 0 aliphatic rings. The molecule has 1 unspecified atom stereocenters. The minimum Gasteiger partial charge on any atom is -0.479 e. The smallest absolute Gasteiger partial charge is 0.417 e. The zero-order valence-electron chi connectivity index (χ0n) is 9.98. The summed E-state index contributed by atoms with van der Waals surface area (Å²) in [6.45, 7) is 2.99. The third-order valence-corrected chi connectivity index (χ3v) is 2.80. The van der Waals surface area contributed by atoms with E-state index in [0.29, 0.717) is 16.7 Å². The minimum absolute atomic E-state index is 0.0615. The number of carbonyl (C=O) groups is 1. The van der Waals surface area contributed by atoms with Crippen LogP contribution in [0.15, 0.2) is 21.3 Å². The molecule has 0 saturated carbocycles. The molecule has 0 bridgehead atoms. The molecule has 6 nitrogen and oxygen atoms in total. The molecular formula is C12H13NO5. The van der Waals surface area contributed by atoms with Crippen LogP contribution in [0, 0.1) is 6.92 Å². The molecule has 6 heteroatoms. The Hall–Kier alpha value is -2.08. The van der Waals surface area contributed by atoms with Gasteiger partial charge < -0.3 is 14.6 Å². The van der Waals surface area contributed by atoms with Crippen molar-refractivity contribution in [3.05, 3.63) is 33.8 Å². The summed E-state index contributed by atoms with van der Waals surface area (Å²) in [6, 6.07) is 3.27. The monoisotopic (exact) mass is 251 g/mol. The van der Waals surface area contributed by atoms with Crippen molar-refractivity contribution in [2.45, 2.75) is 25.9 Å². The number of hydrogen-bond acceptors (Lipinski definition) is 4. The number of rotatable bonds is 3. The highest BCUT2D eigenvalue weighted by atomic mass is 16.4. The van der Waals surface area contributed by atoms with Crippen molar-refractivity contribution in [1.29, 1.82) is 0 Å². The highest BCUT2D eigenvalue weighted by molar-refractivity contribution is 5.79. The highest BCUT2D eigenvalue weighted by Crippen LogP contribution is 2.21. The van der Waals surface area contributed by atoms with Crippen LogP contribution in [-0.2, 0) is 11.2 Å². The van der Waals surface area contributed by atoms with Gasteiger partial charge in [-0.05, 0) is 31.0 Å². The number of aryl methyl sites for hydroxylation is 1. The van der Waals surface area contributed by atoms with Gasteiger partial charge in [0.05, 0.1) is 5.52 Å². The highest BCUT2D eigenvalue weighted by Gasteiger charge is 2.30. The van der Waals surface area contributed by atoms with E-state index in [2.05, 4.69) is 4.98 Å². The Morgan fingerprint density at radius 3 is 2.78 bits per heavy atom. The molecule has 1 aromatic carbocycles. The number of nitrogens with one attached hydrogen (secondary N) is 1. The van der Waals surface area contributed by atoms with Gasteiger partial charge in [0.2, 0.25) is 0 Å². The van der Waals surface area contributed by atoms with Gasteiger partial charge in [-0.1, -0.05) is 6.07 Å². The Bertz CT molecular complexity index is 665. The molecule has 0 fully saturated rings. The fraction of sp³-hybridized carbons (Fsp3) is 0.333. The molecule has 0 aliphatic carbocycles. The van der Waals surface area contributed by atoms with Crippen LogP contribution in [-0.4, -0.2) is 26.8 Å². The van der Waals surface area contributed by atoms with E-state index in [4.69, 9.17) is 9.52 Å². The van der Waals surface area contributed by atoms with Crippen LogP contribution < -0.4 is 5.76 Å². The molecule has 0 amide bonds. The Labute approximate surface area is 102 Å². The van der Waals surface area contributed by atoms with Gasteiger partial charge in [0.15, 0.2) is 11.2 Å². The summed E-state index contributed by atoms with van der Waals surface area (Å²) < 4.78 is 4.92. The van der Waals surface area contributed by atoms with Gasteiger partial charge >= 0.3 is 11.7 Å². The van der Waals surface area contributed by atoms with E-state index >= 15 is 0 Å². The number of aliphatic carboxylic acids is 1. The lowest BCUT2D eigenvalue weighted by Gasteiger charge is -2.17. The first kappa shape index (κ1) is 12.4. The number of oxazole rings is 1. The summed E-state index contributed by atoms with van der Waals surface area (Å²) >= 11 is 0. The van der Waals surface area contributed by atoms with Gasteiger partial charge in [-0.25, -0.2) is 9.59 Å². The average molecular weight is 251 g/mol. The number of carboxylic acid groups (broad SMARTS) is 1. The second-order valence-electron chi connectivity index (χ2n) is 4.56. The van der Waals surface area contributed by atoms with Crippen LogP contribution in [0.5, 0.6) is 0 Å². The van der Waals surface area contributed by atoms with Crippen LogP contribution >= 0.6 is 0 Å². The van der Waals surface area contributed by atoms with Crippen LogP contribution in [0.2, 0.25) is 0 Å². The molecule has 96 valence electrons. The summed E-state index contributed by atoms with van der Waals surface area (Å²) in [6.07, 6.45) is -0.0615. The third kappa shape index (κ3) is 2.14. The zero-order chi connectivity index (χ0) is 13.5. The maximum atomic E-state index is 11.1. The molecule has 1 heterocycles. The molecule has 1 atom stereocenters. The summed E-state index contributed by atoms with van der Waals surface area (Å²) in [7, 11) is 0. The van der Waals surface area contributed by atoms with E-state index < -0.39 is 17.3 Å². The molecule has 2 aromatic rings. The molecule has 0 radical (unpaired) electrons. The largest absolute Gasteiger partial charge is 0.479 e. The van der Waals surface area contributed by atoms with Crippen molar-refractivity contribution in [1.82, 2.24) is 4.98 Å². The number of carboxylic acids is 1. The van der Waals surface area contributed by atoms with Crippen molar-refractivity contribution in [3.8, 4) is 0 Å². The summed E-state index contributed by atoms with van der Waals surface area (Å²) in [4.78, 5) is 24.5. The van der Waals surface area contributed by atoms with Gasteiger partial charge in [-0.2, -0.15) is 0 Å². The van der Waals surface area contributed by atoms with E-state index in [-0.39, 0.29) is 6.42 Å². The zero-order valence-corrected chi connectivity index (χ0v) is 9.98. The molecule has 2 rings (SSSR count). The normalized spacial score (nSPS) is 14.6. The number of aliphatic hydroxyl groups is 1. The predicted molar refractivity (Wildman–Crippen MR) is 63.5 cm³/mol. The Balaban J connectivity index is 2.47. The topological polar surface area (TPSA) is 104 Å². The standard InChI is InChI=1S/C12H13NO5/c1-6-3-7(5-12(2,17)10(14)15)4-8-9(6)13-11(16)18-8/h3-4,17H,5H2,1-2H3,(H,13,16)(H,14,15). The van der Waals surface area contributed by atoms with Crippen molar-refractivity contribution in [2.75, 3.05) is 0 Å². The fourth-order valence-corrected chi connectivity index (χ4v) is 1.87. The quantitative estimate of drug-likeness (QED) is 0.748. The van der Waals surface area contributed by atoms with E-state index in [1.165, 1.54) is 6.92 Å². The van der Waals surface area contributed by atoms with Gasteiger partial charge in [0.1, 0.15) is 0 Å². The first-order valence-electron chi connectivity index (χ1n) is 5.38. The molecular weight excluding hydrogens is 238 g/mol. The Morgan fingerprint density at radius 2 is 2.17 bits per heavy atom. The first-order chi connectivity index (χ1) is 8.29. The Kier molecular flexibility index (Phi) is 2.74. The van der Waals surface area contributed by atoms with E-state index in [1.807, 2.05) is 0 Å². The molecule has 18 heavy (non-hydrogen) atoms. The van der Waals surface area contributed by atoms with E-state index in [9.17, 15) is 14.7 Å². The van der Waals surface area contributed by atoms with Gasteiger partial charge in [-0.15, -0.1) is 0 Å². The van der Waals surface area contributed by atoms with E-state index in [1.54, 1.807) is 19.1 Å². The number of H-pyrrole nitrogens is 1. The lowest BCUT2D eigenvalue weighted by atomic mass is 9.95. The molecule has 0 saturated heterocycles. The SMILES string of the molecule is Cc1cc(CC(C)(O)C(=O)O)cc2oc(=O)[nH]c12. The second-order valence-corrected chi connectivity index (χ2v) is 4.56. The lowest BCUT2D eigenvalue weighted by molar-refractivity contribution is -0.156. The number of benzene rings is 1. The maximum absolute atomic E-state index is 11.1. The van der Waals surface area contributed by atoms with Gasteiger partial charge in [-0.3, -0.25) is 4.98 Å². The summed E-state index contributed by atoms with van der Waals surface area (Å²) in [5, 5.41) is 18.6. The number of fused-ring (bicyclic) bond motifs is 1. The van der Waals surface area contributed by atoms with Crippen LogP contribution in [0.1, 0.15) is 18.1 Å². The molecule has 3 N–H and O–H groups in total. The lowest BCUT2D eigenvalue weighted by Crippen LogP contribution is -2.37. The second kappa shape index (κ2) is 3.99. The molecule has 0 aliphatic heterocycles. The van der Waals surface area contributed by atoms with Crippen molar-refractivity contribution in [2.24, 2.45) is 0 Å². The van der Waals surface area contributed by atoms with Crippen LogP contribution in [0.4, 0.5) is 0 Å². The van der Waals surface area contributed by atoms with E-state index in [0.717, 1.165) is 5.56 Å². The van der Waals surface area contributed by atoms with Crippen molar-refractivity contribution >= 4 is 17.1 Å². The van der Waals surface area contributed by atoms with Crippen LogP contribution in [0.3, 0.4) is 0 Å². The third-order valence-electron chi connectivity index (χ3n) is 2.80. The fourth-order valence-electron chi connectivity index (χ4n) is 1.87. The molecule has 0 spiro atoms. The minimum atomic E-state index is -1.85. The summed E-state index contributed by atoms with van der Waals surface area (Å²) in [5.41, 5.74) is 0.441. The maximum Gasteiger partial charge on any atom is 0.417 e. The van der Waals surface area contributed by atoms with Crippen LogP contribution in [0.25, 0.3) is 11.1 Å². The van der Waals surface area contributed by atoms with Gasteiger partial charge in [0.25, 0.3) is 0 Å². The predicted octanol–water partition coefficient (Wildman–Crippen LogP) is 0.808. The Morgan fingerprint density at radius 1 is 1.50 bits per heavy atom. The number of aromatic amines is 1. The van der Waals surface area contributed by atoms with Crippen molar-refractivity contribution < 1.29 is 19.4 Å². The first-order valence-corrected chi connectivity index (χ1v) is 5.38. The average Bonchev–Trinajstić information content (AvgIpc) is 2.58. The molecule has 1 aromatic heterocycles. The number of aromatic nitrogens is 1. The number of hydrogen-bond donors (Lipinski definition) is 3. The van der Waals surface area contributed by atoms with Crippen molar-refractivity contribution in [3.63, 3.8) is 0 Å².